The lowest BCUT2D eigenvalue weighted by molar-refractivity contribution is -0.120. The number of hydrogen-bond acceptors (Lipinski definition) is 5. The zero-order chi connectivity index (χ0) is 17.5. The molecule has 5 nitrogen and oxygen atoms in total. The number of benzene rings is 2. The third-order valence-corrected chi connectivity index (χ3v) is 4.85. The van der Waals surface area contributed by atoms with Crippen molar-refractivity contribution in [2.45, 2.75) is 17.4 Å². The highest BCUT2D eigenvalue weighted by molar-refractivity contribution is 7.99. The van der Waals surface area contributed by atoms with Gasteiger partial charge in [-0.05, 0) is 23.8 Å². The van der Waals surface area contributed by atoms with Crippen LogP contribution in [0.15, 0.2) is 53.4 Å². The molecule has 3 N–H and O–H groups in total. The number of halogens is 1. The largest absolute Gasteiger partial charge is 0.486 e. The molecule has 0 radical (unpaired) electrons. The van der Waals surface area contributed by atoms with Crippen LogP contribution in [-0.4, -0.2) is 31.4 Å². The van der Waals surface area contributed by atoms with Crippen LogP contribution >= 0.6 is 24.2 Å². The first-order chi connectivity index (χ1) is 12.2. The second-order valence-corrected chi connectivity index (χ2v) is 6.89. The Morgan fingerprint density at radius 3 is 2.62 bits per heavy atom. The van der Waals surface area contributed by atoms with E-state index in [4.69, 9.17) is 15.2 Å². The van der Waals surface area contributed by atoms with Crippen molar-refractivity contribution < 1.29 is 14.3 Å². The Morgan fingerprint density at radius 2 is 1.85 bits per heavy atom. The lowest BCUT2D eigenvalue weighted by atomic mass is 10.1. The second-order valence-electron chi connectivity index (χ2n) is 5.73. The summed E-state index contributed by atoms with van der Waals surface area (Å²) in [6.45, 7) is 1.60. The van der Waals surface area contributed by atoms with Crippen molar-refractivity contribution in [3.8, 4) is 11.5 Å². The fourth-order valence-corrected chi connectivity index (χ4v) is 3.38. The molecule has 140 valence electrons. The van der Waals surface area contributed by atoms with Crippen molar-refractivity contribution in [1.29, 1.82) is 0 Å². The number of thioether (sulfide) groups is 1. The maximum atomic E-state index is 12.0. The second kappa shape index (κ2) is 10.3. The molecule has 3 rings (SSSR count). The Labute approximate surface area is 164 Å². The van der Waals surface area contributed by atoms with Gasteiger partial charge in [-0.15, -0.1) is 24.2 Å². The van der Waals surface area contributed by atoms with Gasteiger partial charge in [0.2, 0.25) is 5.91 Å². The molecule has 26 heavy (non-hydrogen) atoms. The summed E-state index contributed by atoms with van der Waals surface area (Å²) in [6.07, 6.45) is 0.445. The van der Waals surface area contributed by atoms with Gasteiger partial charge in [0.1, 0.15) is 13.2 Å². The molecule has 0 aliphatic carbocycles. The van der Waals surface area contributed by atoms with E-state index in [2.05, 4.69) is 5.32 Å². The molecule has 1 atom stereocenters. The Morgan fingerprint density at radius 1 is 1.12 bits per heavy atom. The summed E-state index contributed by atoms with van der Waals surface area (Å²) in [6, 6.07) is 15.4. The Balaban J connectivity index is 0.00000243. The first-order valence-electron chi connectivity index (χ1n) is 8.32. The number of carbonyl (C=O) groups excluding carboxylic acids is 1. The number of hydrogen-bond donors (Lipinski definition) is 2. The number of amides is 1. The number of fused-ring (bicyclic) bond motifs is 1. The number of nitrogens with one attached hydrogen (secondary N) is 1. The summed E-state index contributed by atoms with van der Waals surface area (Å²) in [4.78, 5) is 13.0. The molecule has 1 unspecified atom stereocenters. The van der Waals surface area contributed by atoms with E-state index >= 15 is 0 Å². The van der Waals surface area contributed by atoms with Crippen LogP contribution in [0.2, 0.25) is 0 Å². The third-order valence-electron chi connectivity index (χ3n) is 3.86. The summed E-state index contributed by atoms with van der Waals surface area (Å²) in [5.41, 5.74) is 7.10. The quantitative estimate of drug-likeness (QED) is 0.705. The molecule has 1 heterocycles. The fourth-order valence-electron chi connectivity index (χ4n) is 2.51. The predicted molar refractivity (Wildman–Crippen MR) is 106 cm³/mol. The van der Waals surface area contributed by atoms with Gasteiger partial charge in [0, 0.05) is 29.7 Å². The average Bonchev–Trinajstić information content (AvgIpc) is 2.66. The van der Waals surface area contributed by atoms with E-state index in [0.29, 0.717) is 31.9 Å². The van der Waals surface area contributed by atoms with E-state index in [-0.39, 0.29) is 24.4 Å². The first kappa shape index (κ1) is 20.4. The molecule has 0 aromatic heterocycles. The lowest BCUT2D eigenvalue weighted by Gasteiger charge is -2.18. The van der Waals surface area contributed by atoms with Gasteiger partial charge in [0.05, 0.1) is 0 Å². The van der Waals surface area contributed by atoms with Crippen LogP contribution in [0.25, 0.3) is 0 Å². The normalized spacial score (nSPS) is 13.4. The highest BCUT2D eigenvalue weighted by Crippen LogP contribution is 2.34. The van der Waals surface area contributed by atoms with Crippen LogP contribution < -0.4 is 20.5 Å². The summed E-state index contributed by atoms with van der Waals surface area (Å²) in [7, 11) is 0. The Bertz CT molecular complexity index is 715. The van der Waals surface area contributed by atoms with E-state index in [9.17, 15) is 4.79 Å². The SMILES string of the molecule is Cl.NC(CNC(=O)CCSc1ccc2c(c1)OCCO2)c1ccccc1. The van der Waals surface area contributed by atoms with Crippen LogP contribution in [0.3, 0.4) is 0 Å². The van der Waals surface area contributed by atoms with Crippen molar-refractivity contribution in [3.63, 3.8) is 0 Å². The summed E-state index contributed by atoms with van der Waals surface area (Å²) in [5, 5.41) is 2.90. The zero-order valence-electron chi connectivity index (χ0n) is 14.4. The monoisotopic (exact) mass is 394 g/mol. The van der Waals surface area contributed by atoms with Gasteiger partial charge >= 0.3 is 0 Å². The van der Waals surface area contributed by atoms with Crippen LogP contribution in [0.4, 0.5) is 0 Å². The lowest BCUT2D eigenvalue weighted by Crippen LogP contribution is -2.32. The summed E-state index contributed by atoms with van der Waals surface area (Å²) >= 11 is 1.62. The number of rotatable bonds is 7. The van der Waals surface area contributed by atoms with Crippen LogP contribution in [0.1, 0.15) is 18.0 Å². The van der Waals surface area contributed by atoms with Gasteiger partial charge < -0.3 is 20.5 Å². The fraction of sp³-hybridized carbons (Fsp3) is 0.316. The molecule has 1 amide bonds. The molecule has 0 saturated heterocycles. The van der Waals surface area contributed by atoms with Crippen molar-refractivity contribution in [2.75, 3.05) is 25.5 Å². The first-order valence-corrected chi connectivity index (χ1v) is 9.30. The Kier molecular flexibility index (Phi) is 8.09. The molecule has 2 aromatic rings. The molecule has 2 aromatic carbocycles. The average molecular weight is 395 g/mol. The van der Waals surface area contributed by atoms with Gasteiger partial charge in [0.25, 0.3) is 0 Å². The van der Waals surface area contributed by atoms with Crippen LogP contribution in [-0.2, 0) is 4.79 Å². The molecule has 0 saturated carbocycles. The third kappa shape index (κ3) is 5.83. The van der Waals surface area contributed by atoms with E-state index in [1.807, 2.05) is 48.5 Å². The van der Waals surface area contributed by atoms with Crippen molar-refractivity contribution >= 4 is 30.1 Å². The zero-order valence-corrected chi connectivity index (χ0v) is 16.0. The van der Waals surface area contributed by atoms with Gasteiger partial charge in [-0.1, -0.05) is 30.3 Å². The molecular weight excluding hydrogens is 372 g/mol. The van der Waals surface area contributed by atoms with E-state index in [0.717, 1.165) is 22.0 Å². The highest BCUT2D eigenvalue weighted by Gasteiger charge is 2.12. The van der Waals surface area contributed by atoms with Crippen molar-refractivity contribution in [3.05, 3.63) is 54.1 Å². The number of ether oxygens (including phenoxy) is 2. The summed E-state index contributed by atoms with van der Waals surface area (Å²) in [5.74, 6) is 2.26. The van der Waals surface area contributed by atoms with Gasteiger partial charge in [-0.25, -0.2) is 0 Å². The topological polar surface area (TPSA) is 73.6 Å². The van der Waals surface area contributed by atoms with Crippen LogP contribution in [0, 0.1) is 0 Å². The smallest absolute Gasteiger partial charge is 0.220 e. The maximum Gasteiger partial charge on any atom is 0.220 e. The van der Waals surface area contributed by atoms with Gasteiger partial charge in [-0.3, -0.25) is 4.79 Å². The Hall–Kier alpha value is -1.89. The van der Waals surface area contributed by atoms with Gasteiger partial charge in [0.15, 0.2) is 11.5 Å². The number of carbonyl (C=O) groups is 1. The molecule has 7 heteroatoms. The summed E-state index contributed by atoms with van der Waals surface area (Å²) < 4.78 is 11.1. The van der Waals surface area contributed by atoms with E-state index in [1.165, 1.54) is 0 Å². The highest BCUT2D eigenvalue weighted by atomic mass is 35.5. The molecule has 1 aliphatic heterocycles. The minimum Gasteiger partial charge on any atom is -0.486 e. The van der Waals surface area contributed by atoms with E-state index < -0.39 is 0 Å². The van der Waals surface area contributed by atoms with Crippen molar-refractivity contribution in [1.82, 2.24) is 5.32 Å². The van der Waals surface area contributed by atoms with Crippen LogP contribution in [0.5, 0.6) is 11.5 Å². The van der Waals surface area contributed by atoms with Gasteiger partial charge in [-0.2, -0.15) is 0 Å². The minimum atomic E-state index is -0.185. The standard InChI is InChI=1S/C19H22N2O3S.ClH/c20-16(14-4-2-1-3-5-14)13-21-19(22)8-11-25-15-6-7-17-18(12-15)24-10-9-23-17;/h1-7,12,16H,8-11,13,20H2,(H,21,22);1H. The maximum absolute atomic E-state index is 12.0. The molecule has 1 aliphatic rings. The molecule has 0 bridgehead atoms. The molecule has 0 fully saturated rings. The molecular formula is C19H23ClN2O3S. The molecule has 0 spiro atoms. The predicted octanol–water partition coefficient (Wildman–Crippen LogP) is 3.18. The minimum absolute atomic E-state index is 0. The number of nitrogens with two attached hydrogens (primary N) is 1. The van der Waals surface area contributed by atoms with Crippen molar-refractivity contribution in [2.24, 2.45) is 5.73 Å². The van der Waals surface area contributed by atoms with E-state index in [1.54, 1.807) is 11.8 Å².